The van der Waals surface area contributed by atoms with Crippen LogP contribution in [0.5, 0.6) is 0 Å². The highest BCUT2D eigenvalue weighted by Crippen LogP contribution is 2.23. The van der Waals surface area contributed by atoms with E-state index in [9.17, 15) is 30.3 Å². The quantitative estimate of drug-likeness (QED) is 0.0261. The van der Waals surface area contributed by atoms with E-state index in [0.717, 1.165) is 44.9 Å². The Morgan fingerprint density at radius 2 is 0.731 bits per heavy atom. The van der Waals surface area contributed by atoms with Gasteiger partial charge in [0.05, 0.1) is 25.4 Å². The Labute approximate surface area is 482 Å². The summed E-state index contributed by atoms with van der Waals surface area (Å²) in [6.07, 6.45) is 71.1. The van der Waals surface area contributed by atoms with Crippen molar-refractivity contribution >= 4 is 5.91 Å². The number of carbonyl (C=O) groups excluding carboxylic acids is 1. The SMILES string of the molecule is CCCCCCCCCCCCCCCCC/C=C/CC/C=C/CC/C=C/C(O)C(COC1OC(CO)C(O)C(O)C1O)NC(=O)CCCCCCCCCCCCCCCCCCCCCCCCCCCCCCCC. The lowest BCUT2D eigenvalue weighted by Gasteiger charge is -2.40. The highest BCUT2D eigenvalue weighted by molar-refractivity contribution is 5.76. The van der Waals surface area contributed by atoms with E-state index in [-0.39, 0.29) is 12.5 Å². The largest absolute Gasteiger partial charge is 0.394 e. The minimum Gasteiger partial charge on any atom is -0.394 e. The molecule has 9 nitrogen and oxygen atoms in total. The van der Waals surface area contributed by atoms with Gasteiger partial charge < -0.3 is 40.3 Å². The molecule has 1 amide bonds. The molecule has 0 aromatic carbocycles. The van der Waals surface area contributed by atoms with Gasteiger partial charge in [-0.25, -0.2) is 0 Å². The van der Waals surface area contributed by atoms with Crippen LogP contribution in [-0.4, -0.2) is 87.5 Å². The summed E-state index contributed by atoms with van der Waals surface area (Å²) >= 11 is 0. The zero-order valence-corrected chi connectivity index (χ0v) is 51.4. The molecule has 1 saturated heterocycles. The Morgan fingerprint density at radius 1 is 0.423 bits per heavy atom. The van der Waals surface area contributed by atoms with Gasteiger partial charge in [0.25, 0.3) is 0 Å². The topological polar surface area (TPSA) is 149 Å². The molecule has 0 spiro atoms. The molecule has 7 atom stereocenters. The van der Waals surface area contributed by atoms with E-state index in [0.29, 0.717) is 6.42 Å². The summed E-state index contributed by atoms with van der Waals surface area (Å²) in [5.41, 5.74) is 0. The number of allylic oxidation sites excluding steroid dienone is 5. The van der Waals surface area contributed by atoms with Crippen molar-refractivity contribution in [2.45, 2.75) is 384 Å². The Hall–Kier alpha value is -1.59. The van der Waals surface area contributed by atoms with Gasteiger partial charge >= 0.3 is 0 Å². The van der Waals surface area contributed by atoms with Gasteiger partial charge in [-0.2, -0.15) is 0 Å². The van der Waals surface area contributed by atoms with E-state index in [1.165, 1.54) is 276 Å². The maximum absolute atomic E-state index is 13.1. The van der Waals surface area contributed by atoms with Crippen LogP contribution in [0.4, 0.5) is 0 Å². The molecular weight excluding hydrogens is 971 g/mol. The van der Waals surface area contributed by atoms with Crippen LogP contribution in [0.15, 0.2) is 36.5 Å². The van der Waals surface area contributed by atoms with Gasteiger partial charge in [-0.3, -0.25) is 4.79 Å². The number of ether oxygens (including phenoxy) is 2. The molecule has 78 heavy (non-hydrogen) atoms. The third-order valence-corrected chi connectivity index (χ3v) is 16.4. The van der Waals surface area contributed by atoms with E-state index in [4.69, 9.17) is 9.47 Å². The van der Waals surface area contributed by atoms with Crippen LogP contribution < -0.4 is 5.32 Å². The van der Waals surface area contributed by atoms with Crippen molar-refractivity contribution in [1.29, 1.82) is 0 Å². The van der Waals surface area contributed by atoms with Gasteiger partial charge in [-0.05, 0) is 44.9 Å². The first-order chi connectivity index (χ1) is 38.3. The summed E-state index contributed by atoms with van der Waals surface area (Å²) in [5.74, 6) is -0.183. The molecule has 0 aliphatic carbocycles. The Morgan fingerprint density at radius 3 is 1.08 bits per heavy atom. The van der Waals surface area contributed by atoms with Crippen LogP contribution in [0, 0.1) is 0 Å². The molecule has 0 saturated carbocycles. The number of amides is 1. The van der Waals surface area contributed by atoms with Crippen molar-refractivity contribution in [2.75, 3.05) is 13.2 Å². The molecule has 1 aliphatic rings. The number of nitrogens with one attached hydrogen (secondary N) is 1. The molecule has 1 rings (SSSR count). The third-order valence-electron chi connectivity index (χ3n) is 16.4. The molecule has 0 radical (unpaired) electrons. The van der Waals surface area contributed by atoms with Crippen molar-refractivity contribution in [3.63, 3.8) is 0 Å². The summed E-state index contributed by atoms with van der Waals surface area (Å²) in [6, 6.07) is -0.827. The minimum absolute atomic E-state index is 0.183. The van der Waals surface area contributed by atoms with Gasteiger partial charge in [0.2, 0.25) is 5.91 Å². The fraction of sp³-hybridized carbons (Fsp3) is 0.899. The molecule has 0 aromatic rings. The maximum Gasteiger partial charge on any atom is 0.220 e. The first-order valence-corrected chi connectivity index (χ1v) is 34.2. The smallest absolute Gasteiger partial charge is 0.220 e. The molecule has 6 N–H and O–H groups in total. The lowest BCUT2D eigenvalue weighted by atomic mass is 9.99. The first kappa shape index (κ1) is 74.4. The van der Waals surface area contributed by atoms with Crippen molar-refractivity contribution in [3.8, 4) is 0 Å². The van der Waals surface area contributed by atoms with E-state index in [1.807, 2.05) is 6.08 Å². The van der Waals surface area contributed by atoms with Crippen LogP contribution in [0.25, 0.3) is 0 Å². The second kappa shape index (κ2) is 58.6. The summed E-state index contributed by atoms with van der Waals surface area (Å²) in [5, 5.41) is 54.7. The Bertz CT molecular complexity index is 1320. The van der Waals surface area contributed by atoms with Crippen LogP contribution in [0.3, 0.4) is 0 Å². The highest BCUT2D eigenvalue weighted by Gasteiger charge is 2.44. The van der Waals surface area contributed by atoms with Crippen molar-refractivity contribution in [2.24, 2.45) is 0 Å². The van der Waals surface area contributed by atoms with Crippen LogP contribution in [0.1, 0.15) is 341 Å². The third kappa shape index (κ3) is 47.0. The number of aliphatic hydroxyl groups excluding tert-OH is 5. The second-order valence-corrected chi connectivity index (χ2v) is 24.0. The van der Waals surface area contributed by atoms with Crippen LogP contribution in [0.2, 0.25) is 0 Å². The van der Waals surface area contributed by atoms with Gasteiger partial charge in [0.15, 0.2) is 6.29 Å². The molecule has 0 bridgehead atoms. The number of hydrogen-bond donors (Lipinski definition) is 6. The molecular formula is C69H131NO8. The van der Waals surface area contributed by atoms with Gasteiger partial charge in [0, 0.05) is 6.42 Å². The summed E-state index contributed by atoms with van der Waals surface area (Å²) in [7, 11) is 0. The molecule has 1 aliphatic heterocycles. The lowest BCUT2D eigenvalue weighted by molar-refractivity contribution is -0.302. The summed E-state index contributed by atoms with van der Waals surface area (Å²) in [6.45, 7) is 3.81. The Kier molecular flexibility index (Phi) is 55.9. The fourth-order valence-electron chi connectivity index (χ4n) is 11.1. The monoisotopic (exact) mass is 1100 g/mol. The summed E-state index contributed by atoms with van der Waals surface area (Å²) < 4.78 is 11.3. The molecule has 7 unspecified atom stereocenters. The average molecular weight is 1100 g/mol. The summed E-state index contributed by atoms with van der Waals surface area (Å²) in [4.78, 5) is 13.1. The standard InChI is InChI=1S/C69H131NO8/c1-3-5-7-9-11-13-15-17-19-21-23-25-27-29-30-31-32-33-35-37-39-41-43-45-47-49-51-53-55-57-59-65(73)70-62(61-77-69-68(76)67(75)66(74)64(60-71)78-69)63(72)58-56-54-52-50-48-46-44-42-40-38-36-34-28-26-24-22-20-18-16-14-12-10-8-6-4-2/h40,42,48,50,56,58,62-64,66-69,71-72,74-76H,3-39,41,43-47,49,51-55,57,59-61H2,1-2H3,(H,70,73)/b42-40+,50-48+,58-56+. The lowest BCUT2D eigenvalue weighted by Crippen LogP contribution is -2.60. The fourth-order valence-corrected chi connectivity index (χ4v) is 11.1. The number of carbonyl (C=O) groups is 1. The van der Waals surface area contributed by atoms with Crippen molar-refractivity contribution in [1.82, 2.24) is 5.32 Å². The normalized spacial score (nSPS) is 18.8. The number of unbranched alkanes of at least 4 members (excludes halogenated alkanes) is 46. The minimum atomic E-state index is -1.57. The first-order valence-electron chi connectivity index (χ1n) is 34.2. The van der Waals surface area contributed by atoms with Crippen molar-refractivity contribution < 1.29 is 39.8 Å². The zero-order valence-electron chi connectivity index (χ0n) is 51.4. The van der Waals surface area contributed by atoms with Gasteiger partial charge in [-0.1, -0.05) is 326 Å². The molecule has 1 fully saturated rings. The molecule has 0 aromatic heterocycles. The van der Waals surface area contributed by atoms with Crippen LogP contribution in [-0.2, 0) is 14.3 Å². The number of hydrogen-bond acceptors (Lipinski definition) is 8. The van der Waals surface area contributed by atoms with Gasteiger partial charge in [0.1, 0.15) is 24.4 Å². The average Bonchev–Trinajstić information content (AvgIpc) is 3.45. The maximum atomic E-state index is 13.1. The van der Waals surface area contributed by atoms with E-state index in [2.05, 4.69) is 43.5 Å². The zero-order chi connectivity index (χ0) is 56.5. The predicted molar refractivity (Wildman–Crippen MR) is 332 cm³/mol. The number of rotatable bonds is 60. The van der Waals surface area contributed by atoms with Gasteiger partial charge in [-0.15, -0.1) is 0 Å². The molecule has 1 heterocycles. The van der Waals surface area contributed by atoms with E-state index in [1.54, 1.807) is 6.08 Å². The van der Waals surface area contributed by atoms with Crippen LogP contribution >= 0.6 is 0 Å². The molecule has 9 heteroatoms. The van der Waals surface area contributed by atoms with E-state index < -0.39 is 49.5 Å². The second-order valence-electron chi connectivity index (χ2n) is 24.0. The Balaban J connectivity index is 2.16. The van der Waals surface area contributed by atoms with E-state index >= 15 is 0 Å². The number of aliphatic hydroxyl groups is 5. The predicted octanol–water partition coefficient (Wildman–Crippen LogP) is 18.3. The van der Waals surface area contributed by atoms with Crippen molar-refractivity contribution in [3.05, 3.63) is 36.5 Å². The highest BCUT2D eigenvalue weighted by atomic mass is 16.7. The molecule has 460 valence electrons.